The number of allylic oxidation sites excluding steroid dienone is 1. The number of hydrogen-bond acceptors (Lipinski definition) is 12. The molecule has 1 aromatic heterocycles. The lowest BCUT2D eigenvalue weighted by molar-refractivity contribution is -0.145. The minimum absolute atomic E-state index is 0.0402. The van der Waals surface area contributed by atoms with Crippen LogP contribution in [0.1, 0.15) is 129 Å². The first-order valence-electron chi connectivity index (χ1n) is 22.4. The van der Waals surface area contributed by atoms with Crippen molar-refractivity contribution in [2.24, 2.45) is 5.92 Å². The van der Waals surface area contributed by atoms with Crippen LogP contribution in [0.15, 0.2) is 30.4 Å². The number of ether oxygens (including phenoxy) is 3. The fourth-order valence-corrected chi connectivity index (χ4v) is 11.6. The Kier molecular flexibility index (Phi) is 12.8. The molecule has 1 spiro atoms. The van der Waals surface area contributed by atoms with Gasteiger partial charge >= 0.3 is 6.09 Å². The predicted molar refractivity (Wildman–Crippen MR) is 237 cm³/mol. The summed E-state index contributed by atoms with van der Waals surface area (Å²) in [5.41, 5.74) is -4.79. The monoisotopic (exact) mass is 949 g/mol. The topological polar surface area (TPSA) is 216 Å². The van der Waals surface area contributed by atoms with Crippen molar-refractivity contribution in [2.45, 2.75) is 157 Å². The normalized spacial score (nSPS) is 28.3. The van der Waals surface area contributed by atoms with Crippen molar-refractivity contribution in [1.82, 2.24) is 25.2 Å². The fourth-order valence-electron chi connectivity index (χ4n) is 9.44. The third kappa shape index (κ3) is 9.79. The van der Waals surface area contributed by atoms with Crippen LogP contribution in [0, 0.1) is 5.92 Å². The maximum atomic E-state index is 17.2. The van der Waals surface area contributed by atoms with Gasteiger partial charge in [0.05, 0.1) is 47.3 Å². The Balaban J connectivity index is 1.29. The van der Waals surface area contributed by atoms with Gasteiger partial charge in [0.25, 0.3) is 11.8 Å². The molecule has 1 saturated heterocycles. The number of nitrogens with one attached hydrogen (secondary N) is 3. The van der Waals surface area contributed by atoms with Crippen molar-refractivity contribution >= 4 is 54.6 Å². The van der Waals surface area contributed by atoms with Crippen LogP contribution in [0.5, 0.6) is 11.5 Å². The summed E-state index contributed by atoms with van der Waals surface area (Å²) in [5, 5.41) is 5.58. The summed E-state index contributed by atoms with van der Waals surface area (Å²) in [6, 6.07) is 1.80. The molecule has 3 aliphatic heterocycles. The molecule has 0 radical (unpaired) electrons. The lowest BCUT2D eigenvalue weighted by atomic mass is 9.65. The van der Waals surface area contributed by atoms with Gasteiger partial charge in [0.2, 0.25) is 21.8 Å². The second-order valence-electron chi connectivity index (χ2n) is 19.9. The summed E-state index contributed by atoms with van der Waals surface area (Å²) in [6.07, 6.45) is 5.74. The number of pyridine rings is 1. The van der Waals surface area contributed by atoms with E-state index in [9.17, 15) is 31.2 Å². The summed E-state index contributed by atoms with van der Waals surface area (Å²) in [6.45, 7) is 7.63. The van der Waals surface area contributed by atoms with E-state index in [4.69, 9.17) is 19.2 Å². The maximum Gasteiger partial charge on any atom is 0.408 e. The second-order valence-corrected chi connectivity index (χ2v) is 24.3. The lowest BCUT2D eigenvalue weighted by Crippen LogP contribution is -2.70. The largest absolute Gasteiger partial charge is 0.497 e. The highest BCUT2D eigenvalue weighted by atomic mass is 32.2. The molecule has 1 aromatic carbocycles. The molecule has 7 rings (SSSR count). The number of rotatable bonds is 10. The first-order valence-corrected chi connectivity index (χ1v) is 25.9. The van der Waals surface area contributed by atoms with Gasteiger partial charge in [-0.3, -0.25) is 19.1 Å². The minimum atomic E-state index is -4.15. The number of methoxy groups -OCH3 is 1. The first kappa shape index (κ1) is 48.3. The smallest absolute Gasteiger partial charge is 0.408 e. The van der Waals surface area contributed by atoms with Gasteiger partial charge in [0.1, 0.15) is 44.4 Å². The zero-order chi connectivity index (χ0) is 47.5. The number of benzene rings is 1. The quantitative estimate of drug-likeness (QED) is 0.246. The average molecular weight is 950 g/mol. The van der Waals surface area contributed by atoms with E-state index in [0.29, 0.717) is 56.2 Å². The molecule has 4 amide bonds. The molecule has 2 saturated carbocycles. The van der Waals surface area contributed by atoms with Crippen LogP contribution in [0.25, 0.3) is 10.9 Å². The molecule has 0 bridgehead atoms. The van der Waals surface area contributed by atoms with Crippen molar-refractivity contribution < 1.29 is 59.0 Å². The van der Waals surface area contributed by atoms with Crippen LogP contribution in [0.2, 0.25) is 0 Å². The van der Waals surface area contributed by atoms with Gasteiger partial charge < -0.3 is 29.7 Å². The number of aromatic nitrogens is 1. The third-order valence-corrected chi connectivity index (χ3v) is 16.9. The number of carbonyl (C=O) groups excluding carboxylic acids is 4. The molecule has 2 aliphatic carbocycles. The van der Waals surface area contributed by atoms with Crippen molar-refractivity contribution in [3.63, 3.8) is 0 Å². The Morgan fingerprint density at radius 3 is 2.43 bits per heavy atom. The Morgan fingerprint density at radius 2 is 1.80 bits per heavy atom. The van der Waals surface area contributed by atoms with E-state index in [1.807, 2.05) is 6.08 Å². The van der Waals surface area contributed by atoms with E-state index in [0.717, 1.165) is 11.2 Å². The molecule has 2 aromatic rings. The molecule has 20 heteroatoms. The van der Waals surface area contributed by atoms with Crippen LogP contribution in [0.3, 0.4) is 0 Å². The SMILES string of the molecule is COc1ccc2nc(C(C)C)c3c(c2c1)C(F)(F)C[C@]1(C[C@H]2C(=O)N[C@]4(C(=O)NS(=O)(=O)C5(C)CC5)CC[C@H]4/C=C\CCCCC[C@H](NC(=O)OC(C)(C)CCS(C)(=O)=O)C(=O)N2C1)O3. The molecule has 5 atom stereocenters. The Hall–Kier alpha value is -4.59. The zero-order valence-corrected chi connectivity index (χ0v) is 39.7. The van der Waals surface area contributed by atoms with Crippen molar-refractivity contribution in [2.75, 3.05) is 25.7 Å². The van der Waals surface area contributed by atoms with Crippen LogP contribution < -0.4 is 24.8 Å². The van der Waals surface area contributed by atoms with Gasteiger partial charge in [0, 0.05) is 30.4 Å². The van der Waals surface area contributed by atoms with Gasteiger partial charge in [-0.2, -0.15) is 0 Å². The molecule has 3 N–H and O–H groups in total. The van der Waals surface area contributed by atoms with Gasteiger partial charge in [-0.05, 0) is 89.8 Å². The van der Waals surface area contributed by atoms with Crippen molar-refractivity contribution in [3.8, 4) is 11.5 Å². The Morgan fingerprint density at radius 1 is 1.08 bits per heavy atom. The summed E-state index contributed by atoms with van der Waals surface area (Å²) in [7, 11) is -6.14. The third-order valence-electron chi connectivity index (χ3n) is 13.8. The molecule has 4 heterocycles. The molecule has 358 valence electrons. The standard InChI is InChI=1S/C45H61F2N5O11S2/c1-27(2)35-36-34(30-23-29(61-6)15-16-31(30)48-35)45(46,47)25-43(62-36)24-33-37(53)50-44(39(55)51-65(59,60)42(5)19-20-42)18-17-28(44)13-11-9-8-10-12-14-32(38(54)52(33)26-43)49-40(56)63-41(3,4)21-22-64(7,57)58/h11,13,15-16,23,27-28,32-33H,8-10,12,14,17-22,24-26H2,1-7H3,(H,49,56)(H,50,53)(H,51,55)/b13-11-/t28-,32+,33+,43+,44-/m1/s1. The van der Waals surface area contributed by atoms with E-state index < -0.39 is 120 Å². The predicted octanol–water partition coefficient (Wildman–Crippen LogP) is 5.67. The van der Waals surface area contributed by atoms with Gasteiger partial charge in [-0.25, -0.2) is 35.4 Å². The molecule has 5 aliphatic rings. The number of sulfone groups is 1. The Bertz CT molecular complexity index is 2510. The molecule has 65 heavy (non-hydrogen) atoms. The van der Waals surface area contributed by atoms with Gasteiger partial charge in [-0.1, -0.05) is 38.8 Å². The summed E-state index contributed by atoms with van der Waals surface area (Å²) in [5.74, 6) is -7.37. The van der Waals surface area contributed by atoms with Crippen LogP contribution in [-0.2, 0) is 44.9 Å². The number of carbonyl (C=O) groups is 4. The molecular weight excluding hydrogens is 889 g/mol. The zero-order valence-electron chi connectivity index (χ0n) is 38.1. The Labute approximate surface area is 379 Å². The average Bonchev–Trinajstić information content (AvgIpc) is 3.87. The van der Waals surface area contributed by atoms with Gasteiger partial charge in [-0.15, -0.1) is 0 Å². The fraction of sp³-hybridized carbons (Fsp3) is 0.667. The highest BCUT2D eigenvalue weighted by Gasteiger charge is 2.62. The minimum Gasteiger partial charge on any atom is -0.497 e. The van der Waals surface area contributed by atoms with E-state index >= 15 is 13.6 Å². The van der Waals surface area contributed by atoms with Crippen LogP contribution in [-0.4, -0.2) is 110 Å². The number of hydrogen-bond donors (Lipinski definition) is 3. The van der Waals surface area contributed by atoms with E-state index in [-0.39, 0.29) is 41.8 Å². The van der Waals surface area contributed by atoms with Gasteiger partial charge in [0.15, 0.2) is 5.75 Å². The molecule has 3 fully saturated rings. The molecular formula is C45H61F2N5O11S2. The number of nitrogens with zero attached hydrogens (tertiary/aromatic N) is 2. The maximum absolute atomic E-state index is 17.2. The van der Waals surface area contributed by atoms with E-state index in [1.54, 1.807) is 32.1 Å². The van der Waals surface area contributed by atoms with Crippen LogP contribution >= 0.6 is 0 Å². The number of fused-ring (bicyclic) bond motifs is 5. The highest BCUT2D eigenvalue weighted by molar-refractivity contribution is 7.91. The van der Waals surface area contributed by atoms with Crippen LogP contribution in [0.4, 0.5) is 13.6 Å². The highest BCUT2D eigenvalue weighted by Crippen LogP contribution is 2.55. The number of amides is 4. The number of alkyl carbamates (subject to hydrolysis) is 1. The number of sulfonamides is 1. The summed E-state index contributed by atoms with van der Waals surface area (Å²) in [4.78, 5) is 63.7. The summed E-state index contributed by atoms with van der Waals surface area (Å²) >= 11 is 0. The van der Waals surface area contributed by atoms with Crippen molar-refractivity contribution in [3.05, 3.63) is 41.6 Å². The molecule has 16 nitrogen and oxygen atoms in total. The molecule has 0 unspecified atom stereocenters. The number of halogens is 2. The van der Waals surface area contributed by atoms with E-state index in [2.05, 4.69) is 15.4 Å². The second kappa shape index (κ2) is 17.2. The van der Waals surface area contributed by atoms with Crippen molar-refractivity contribution in [1.29, 1.82) is 0 Å². The lowest BCUT2D eigenvalue weighted by Gasteiger charge is -2.48. The summed E-state index contributed by atoms with van der Waals surface area (Å²) < 4.78 is 104. The van der Waals surface area contributed by atoms with E-state index in [1.165, 1.54) is 33.9 Å². The number of alkyl halides is 2. The first-order chi connectivity index (χ1) is 30.2.